The molecular weight excluding hydrogens is 528 g/mol. The minimum atomic E-state index is 0. The molecule has 3 saturated carbocycles. The molecule has 0 amide bonds. The van der Waals surface area contributed by atoms with Gasteiger partial charge in [-0.25, -0.2) is 0 Å². The fourth-order valence-electron chi connectivity index (χ4n) is 3.40. The molecule has 3 fully saturated rings. The molecule has 0 saturated heterocycles. The summed E-state index contributed by atoms with van der Waals surface area (Å²) in [6, 6.07) is 0. The van der Waals surface area contributed by atoms with Gasteiger partial charge in [0.05, 0.1) is 0 Å². The van der Waals surface area contributed by atoms with E-state index in [0.29, 0.717) is 0 Å². The summed E-state index contributed by atoms with van der Waals surface area (Å²) in [6.07, 6.45) is 21.9. The maximum Gasteiger partial charge on any atom is 0 e. The summed E-state index contributed by atoms with van der Waals surface area (Å²) in [5.74, 6) is 0. The van der Waals surface area contributed by atoms with Gasteiger partial charge >= 0.3 is 0 Å². The van der Waals surface area contributed by atoms with Crippen molar-refractivity contribution in [3.05, 3.63) is 13.2 Å². The molecule has 4 heteroatoms. The molecule has 148 valence electrons. The van der Waals surface area contributed by atoms with Gasteiger partial charge in [0.15, 0.2) is 0 Å². The molecule has 0 spiro atoms. The van der Waals surface area contributed by atoms with Gasteiger partial charge in [-0.1, -0.05) is 57.8 Å². The predicted octanol–water partition coefficient (Wildman–Crippen LogP) is 7.38. The normalized spacial score (nSPS) is 22.3. The summed E-state index contributed by atoms with van der Waals surface area (Å²) in [5.41, 5.74) is 2.86. The Morgan fingerprint density at radius 2 is 0.583 bits per heavy atom. The number of hydrogen-bond donors (Lipinski definition) is 0. The van der Waals surface area contributed by atoms with Crippen LogP contribution in [0.4, 0.5) is 0 Å². The fourth-order valence-corrected chi connectivity index (χ4v) is 4.82. The first-order valence-corrected chi connectivity index (χ1v) is 11.9. The minimum absolute atomic E-state index is 0. The van der Waals surface area contributed by atoms with E-state index < -0.39 is 0 Å². The molecule has 24 heavy (non-hydrogen) atoms. The van der Waals surface area contributed by atoms with Gasteiger partial charge in [0.2, 0.25) is 0 Å². The predicted molar refractivity (Wildman–Crippen MR) is 121 cm³/mol. The zero-order chi connectivity index (χ0) is 17.3. The molecule has 3 aliphatic rings. The van der Waals surface area contributed by atoms with Crippen LogP contribution in [0, 0.1) is 0 Å². The monoisotopic (exact) mass is 571 g/mol. The van der Waals surface area contributed by atoms with E-state index in [1.807, 2.05) is 0 Å². The van der Waals surface area contributed by atoms with Crippen molar-refractivity contribution in [3.8, 4) is 0 Å². The van der Waals surface area contributed by atoms with Gasteiger partial charge in [0, 0.05) is 21.1 Å². The van der Waals surface area contributed by atoms with Gasteiger partial charge in [-0.2, -0.15) is 0 Å². The van der Waals surface area contributed by atoms with E-state index >= 15 is 0 Å². The van der Waals surface area contributed by atoms with Gasteiger partial charge < -0.3 is 0 Å². The Bertz CT molecular complexity index is 195. The molecule has 0 bridgehead atoms. The average Bonchev–Trinajstić information content (AvgIpc) is 2.60. The quantitative estimate of drug-likeness (QED) is 0.210. The van der Waals surface area contributed by atoms with E-state index in [2.05, 4.69) is 40.9 Å². The van der Waals surface area contributed by atoms with Crippen molar-refractivity contribution < 1.29 is 21.1 Å². The molecule has 0 aromatic rings. The number of rotatable bonds is 0. The summed E-state index contributed by atoms with van der Waals surface area (Å²) >= 11 is 0. The third-order valence-corrected chi connectivity index (χ3v) is 6.95. The fraction of sp³-hybridized carbons (Fsp3) is 0.900. The van der Waals surface area contributed by atoms with Crippen LogP contribution in [-0.2, 0) is 21.1 Å². The van der Waals surface area contributed by atoms with E-state index in [1.54, 1.807) is 0 Å². The Labute approximate surface area is 174 Å². The molecule has 0 N–H and O–H groups in total. The molecule has 0 aliphatic heterocycles. The Morgan fingerprint density at radius 3 is 0.667 bits per heavy atom. The second kappa shape index (κ2) is 21.0. The Kier molecular flexibility index (Phi) is 24.5. The molecular formula is C20H43P3Pt. The Balaban J connectivity index is 0. The van der Waals surface area contributed by atoms with Crippen LogP contribution in [0.2, 0.25) is 0 Å². The SMILES string of the molecule is C=C.PC1CCCCC1.PC1CCCCC1.PC1CCCCC1.[Pt]. The van der Waals surface area contributed by atoms with E-state index in [0.717, 1.165) is 17.0 Å². The minimum Gasteiger partial charge on any atom is -0.134 e. The molecule has 3 aliphatic carbocycles. The van der Waals surface area contributed by atoms with Crippen LogP contribution in [0.5, 0.6) is 0 Å². The van der Waals surface area contributed by atoms with E-state index in [4.69, 9.17) is 0 Å². The third kappa shape index (κ3) is 18.5. The average molecular weight is 572 g/mol. The summed E-state index contributed by atoms with van der Waals surface area (Å²) in [7, 11) is 8.72. The second-order valence-electron chi connectivity index (χ2n) is 7.19. The van der Waals surface area contributed by atoms with Gasteiger partial charge in [-0.05, 0) is 55.5 Å². The topological polar surface area (TPSA) is 0 Å². The molecule has 0 aromatic heterocycles. The van der Waals surface area contributed by atoms with Crippen LogP contribution in [0.15, 0.2) is 13.2 Å². The van der Waals surface area contributed by atoms with Crippen molar-refractivity contribution in [3.63, 3.8) is 0 Å². The van der Waals surface area contributed by atoms with Crippen LogP contribution in [0.3, 0.4) is 0 Å². The first kappa shape index (κ1) is 27.9. The Morgan fingerprint density at radius 1 is 0.417 bits per heavy atom. The van der Waals surface area contributed by atoms with Crippen LogP contribution < -0.4 is 0 Å². The summed E-state index contributed by atoms with van der Waals surface area (Å²) in [4.78, 5) is 0. The van der Waals surface area contributed by atoms with Crippen molar-refractivity contribution in [2.75, 3.05) is 0 Å². The van der Waals surface area contributed by atoms with Crippen LogP contribution >= 0.6 is 27.7 Å². The smallest absolute Gasteiger partial charge is 0 e. The Hall–Kier alpha value is 1.72. The second-order valence-corrected chi connectivity index (χ2v) is 10.0. The number of hydrogen-bond acceptors (Lipinski definition) is 0. The van der Waals surface area contributed by atoms with Crippen molar-refractivity contribution in [1.82, 2.24) is 0 Å². The maximum absolute atomic E-state index is 3.00. The van der Waals surface area contributed by atoms with Crippen molar-refractivity contribution in [2.24, 2.45) is 0 Å². The van der Waals surface area contributed by atoms with Crippen molar-refractivity contribution >= 4 is 27.7 Å². The van der Waals surface area contributed by atoms with Gasteiger partial charge in [0.1, 0.15) is 0 Å². The van der Waals surface area contributed by atoms with E-state index in [1.165, 1.54) is 96.3 Å². The summed E-state index contributed by atoms with van der Waals surface area (Å²) < 4.78 is 0. The van der Waals surface area contributed by atoms with Crippen LogP contribution in [-0.4, -0.2) is 17.0 Å². The van der Waals surface area contributed by atoms with E-state index in [9.17, 15) is 0 Å². The van der Waals surface area contributed by atoms with Crippen molar-refractivity contribution in [1.29, 1.82) is 0 Å². The molecule has 3 atom stereocenters. The molecule has 0 aromatic carbocycles. The molecule has 3 unspecified atom stereocenters. The first-order valence-electron chi connectivity index (χ1n) is 9.95. The third-order valence-electron chi connectivity index (χ3n) is 4.95. The first-order chi connectivity index (χ1) is 11.2. The summed E-state index contributed by atoms with van der Waals surface area (Å²) in [6.45, 7) is 6.00. The van der Waals surface area contributed by atoms with Gasteiger partial charge in [-0.3, -0.25) is 0 Å². The summed E-state index contributed by atoms with van der Waals surface area (Å²) in [5, 5.41) is 0. The molecule has 0 nitrogen and oxygen atoms in total. The maximum atomic E-state index is 3.00. The van der Waals surface area contributed by atoms with Gasteiger partial charge in [-0.15, -0.1) is 40.9 Å². The standard InChI is InChI=1S/3C6H13P.C2H4.Pt/c3*7-6-4-2-1-3-5-6;1-2;/h3*6H,1-5,7H2;1-2H2;. The van der Waals surface area contributed by atoms with Crippen LogP contribution in [0.25, 0.3) is 0 Å². The molecule has 3 rings (SSSR count). The van der Waals surface area contributed by atoms with Crippen LogP contribution in [0.1, 0.15) is 96.3 Å². The zero-order valence-electron chi connectivity index (χ0n) is 15.8. The van der Waals surface area contributed by atoms with Crippen molar-refractivity contribution in [2.45, 2.75) is 113 Å². The van der Waals surface area contributed by atoms with Gasteiger partial charge in [0.25, 0.3) is 0 Å². The molecule has 0 heterocycles. The largest absolute Gasteiger partial charge is 0.134 e. The molecule has 0 radical (unpaired) electrons. The van der Waals surface area contributed by atoms with E-state index in [-0.39, 0.29) is 21.1 Å². The zero-order valence-corrected chi connectivity index (χ0v) is 21.5.